The molecule has 2 rings (SSSR count). The average molecular weight is 318 g/mol. The first-order valence-electron chi connectivity index (χ1n) is 6.78. The summed E-state index contributed by atoms with van der Waals surface area (Å²) in [5.41, 5.74) is 0.456. The summed E-state index contributed by atoms with van der Waals surface area (Å²) in [6.45, 7) is 1.43. The van der Waals surface area contributed by atoms with Crippen molar-refractivity contribution in [2.24, 2.45) is 0 Å². The van der Waals surface area contributed by atoms with Crippen LogP contribution in [0.25, 0.3) is 0 Å². The molecular weight excluding hydrogens is 303 g/mol. The minimum Gasteiger partial charge on any atom is -0.497 e. The molecule has 1 N–H and O–H groups in total. The third-order valence-electron chi connectivity index (χ3n) is 3.28. The predicted molar refractivity (Wildman–Crippen MR) is 83.1 cm³/mol. The average Bonchev–Trinajstić information content (AvgIpc) is 2.50. The van der Waals surface area contributed by atoms with E-state index in [-0.39, 0.29) is 23.4 Å². The number of nitrogens with one attached hydrogen (secondary N) is 1. The maximum atomic E-state index is 13.8. The van der Waals surface area contributed by atoms with Crippen molar-refractivity contribution in [3.8, 4) is 5.75 Å². The van der Waals surface area contributed by atoms with Crippen LogP contribution in [0.2, 0.25) is 0 Å². The summed E-state index contributed by atoms with van der Waals surface area (Å²) < 4.78 is 18.9. The van der Waals surface area contributed by atoms with Crippen LogP contribution in [0.1, 0.15) is 11.1 Å². The highest BCUT2D eigenvalue weighted by molar-refractivity contribution is 5.92. The Labute approximate surface area is 132 Å². The molecule has 2 aromatic carbocycles. The highest BCUT2D eigenvalue weighted by Crippen LogP contribution is 2.25. The van der Waals surface area contributed by atoms with Crippen LogP contribution >= 0.6 is 0 Å². The number of nitro benzene ring substituents is 1. The Morgan fingerprint density at radius 1 is 1.30 bits per heavy atom. The Bertz CT molecular complexity index is 744. The summed E-state index contributed by atoms with van der Waals surface area (Å²) in [4.78, 5) is 22.2. The van der Waals surface area contributed by atoms with Gasteiger partial charge in [0.2, 0.25) is 5.91 Å². The Morgan fingerprint density at radius 2 is 1.96 bits per heavy atom. The van der Waals surface area contributed by atoms with Crippen molar-refractivity contribution < 1.29 is 18.8 Å². The highest BCUT2D eigenvalue weighted by Gasteiger charge is 2.17. The first-order chi connectivity index (χ1) is 10.9. The lowest BCUT2D eigenvalue weighted by molar-refractivity contribution is -0.385. The number of anilines is 1. The number of benzene rings is 2. The van der Waals surface area contributed by atoms with Crippen LogP contribution in [0.5, 0.6) is 5.75 Å². The van der Waals surface area contributed by atoms with Gasteiger partial charge in [0, 0.05) is 11.6 Å². The van der Waals surface area contributed by atoms with Crippen LogP contribution in [0.15, 0.2) is 36.4 Å². The summed E-state index contributed by atoms with van der Waals surface area (Å²) >= 11 is 0. The third kappa shape index (κ3) is 4.03. The highest BCUT2D eigenvalue weighted by atomic mass is 19.1. The SMILES string of the molecule is COc1ccc(CC(=O)Nc2cc([N+](=O)[O-])c(C)cc2F)cc1. The molecule has 120 valence electrons. The maximum absolute atomic E-state index is 13.8. The van der Waals surface area contributed by atoms with Crippen LogP contribution in [0.4, 0.5) is 15.8 Å². The number of halogens is 1. The molecule has 0 bridgehead atoms. The van der Waals surface area contributed by atoms with Crippen LogP contribution in [-0.4, -0.2) is 17.9 Å². The molecule has 0 aliphatic heterocycles. The topological polar surface area (TPSA) is 81.5 Å². The predicted octanol–water partition coefficient (Wildman–Crippen LogP) is 3.23. The first kappa shape index (κ1) is 16.4. The first-order valence-corrected chi connectivity index (χ1v) is 6.78. The Morgan fingerprint density at radius 3 is 2.52 bits per heavy atom. The second kappa shape index (κ2) is 6.87. The second-order valence-corrected chi connectivity index (χ2v) is 4.95. The molecule has 0 atom stereocenters. The van der Waals surface area contributed by atoms with Crippen molar-refractivity contribution in [1.82, 2.24) is 0 Å². The van der Waals surface area contributed by atoms with Gasteiger partial charge in [-0.1, -0.05) is 12.1 Å². The fraction of sp³-hybridized carbons (Fsp3) is 0.188. The van der Waals surface area contributed by atoms with Gasteiger partial charge in [-0.3, -0.25) is 14.9 Å². The van der Waals surface area contributed by atoms with Gasteiger partial charge >= 0.3 is 0 Å². The lowest BCUT2D eigenvalue weighted by atomic mass is 10.1. The monoisotopic (exact) mass is 318 g/mol. The van der Waals surface area contributed by atoms with Gasteiger partial charge in [0.15, 0.2) is 0 Å². The molecule has 0 spiro atoms. The maximum Gasteiger partial charge on any atom is 0.274 e. The van der Waals surface area contributed by atoms with Crippen LogP contribution < -0.4 is 10.1 Å². The standard InChI is InChI=1S/C16H15FN2O4/c1-10-7-13(17)14(9-15(10)19(21)22)18-16(20)8-11-3-5-12(23-2)6-4-11/h3-7,9H,8H2,1-2H3,(H,18,20). The molecule has 0 aliphatic carbocycles. The molecule has 0 saturated carbocycles. The summed E-state index contributed by atoms with van der Waals surface area (Å²) in [7, 11) is 1.54. The zero-order valence-electron chi connectivity index (χ0n) is 12.6. The number of nitro groups is 1. The Balaban J connectivity index is 2.13. The van der Waals surface area contributed by atoms with E-state index in [2.05, 4.69) is 5.32 Å². The number of methoxy groups -OCH3 is 1. The van der Waals surface area contributed by atoms with Crippen molar-refractivity contribution in [2.75, 3.05) is 12.4 Å². The number of ether oxygens (including phenoxy) is 1. The summed E-state index contributed by atoms with van der Waals surface area (Å²) in [6, 6.07) is 8.90. The van der Waals surface area contributed by atoms with E-state index < -0.39 is 16.6 Å². The molecule has 0 saturated heterocycles. The normalized spacial score (nSPS) is 10.2. The van der Waals surface area contributed by atoms with Gasteiger partial charge in [0.05, 0.1) is 24.1 Å². The molecule has 0 aliphatic rings. The number of hydrogen-bond donors (Lipinski definition) is 1. The van der Waals surface area contributed by atoms with Crippen molar-refractivity contribution >= 4 is 17.3 Å². The zero-order valence-corrected chi connectivity index (χ0v) is 12.6. The quantitative estimate of drug-likeness (QED) is 0.678. The number of carbonyl (C=O) groups excluding carboxylic acids is 1. The fourth-order valence-electron chi connectivity index (χ4n) is 2.08. The minimum atomic E-state index is -0.712. The van der Waals surface area contributed by atoms with Crippen LogP contribution in [0.3, 0.4) is 0 Å². The van der Waals surface area contributed by atoms with E-state index in [4.69, 9.17) is 4.74 Å². The molecule has 0 aromatic heterocycles. The van der Waals surface area contributed by atoms with E-state index in [9.17, 15) is 19.3 Å². The Hall–Kier alpha value is -2.96. The summed E-state index contributed by atoms with van der Waals surface area (Å²) in [5.74, 6) is -0.516. The van der Waals surface area contributed by atoms with Gasteiger partial charge in [0.25, 0.3) is 5.69 Å². The smallest absolute Gasteiger partial charge is 0.274 e. The number of hydrogen-bond acceptors (Lipinski definition) is 4. The van der Waals surface area contributed by atoms with Gasteiger partial charge in [0.1, 0.15) is 11.6 Å². The number of carbonyl (C=O) groups is 1. The lowest BCUT2D eigenvalue weighted by Gasteiger charge is -2.08. The Kier molecular flexibility index (Phi) is 4.90. The van der Waals surface area contributed by atoms with E-state index in [0.29, 0.717) is 11.3 Å². The fourth-order valence-corrected chi connectivity index (χ4v) is 2.08. The second-order valence-electron chi connectivity index (χ2n) is 4.95. The zero-order chi connectivity index (χ0) is 17.0. The van der Waals surface area contributed by atoms with Gasteiger partial charge in [-0.15, -0.1) is 0 Å². The van der Waals surface area contributed by atoms with E-state index in [1.54, 1.807) is 24.3 Å². The van der Waals surface area contributed by atoms with Crippen molar-refractivity contribution in [1.29, 1.82) is 0 Å². The molecule has 1 amide bonds. The summed E-state index contributed by atoms with van der Waals surface area (Å²) in [6.07, 6.45) is 0.0190. The van der Waals surface area contributed by atoms with Crippen molar-refractivity contribution in [3.05, 3.63) is 63.5 Å². The van der Waals surface area contributed by atoms with Crippen molar-refractivity contribution in [2.45, 2.75) is 13.3 Å². The van der Waals surface area contributed by atoms with Gasteiger partial charge in [-0.05, 0) is 30.7 Å². The van der Waals surface area contributed by atoms with Gasteiger partial charge in [-0.2, -0.15) is 0 Å². The largest absolute Gasteiger partial charge is 0.497 e. The van der Waals surface area contributed by atoms with Crippen LogP contribution in [-0.2, 0) is 11.2 Å². The molecule has 0 unspecified atom stereocenters. The van der Waals surface area contributed by atoms with E-state index in [0.717, 1.165) is 12.1 Å². The lowest BCUT2D eigenvalue weighted by Crippen LogP contribution is -2.15. The van der Waals surface area contributed by atoms with Gasteiger partial charge in [-0.25, -0.2) is 4.39 Å². The van der Waals surface area contributed by atoms with E-state index in [1.807, 2.05) is 0 Å². The molecule has 0 fully saturated rings. The third-order valence-corrected chi connectivity index (χ3v) is 3.28. The number of nitrogens with zero attached hydrogens (tertiary/aromatic N) is 1. The molecule has 6 nitrogen and oxygen atoms in total. The van der Waals surface area contributed by atoms with E-state index >= 15 is 0 Å². The number of aryl methyl sites for hydroxylation is 1. The number of amides is 1. The minimum absolute atomic E-state index is 0.0190. The molecule has 23 heavy (non-hydrogen) atoms. The van der Waals surface area contributed by atoms with Crippen molar-refractivity contribution in [3.63, 3.8) is 0 Å². The van der Waals surface area contributed by atoms with E-state index in [1.165, 1.54) is 14.0 Å². The molecule has 2 aromatic rings. The molecule has 0 heterocycles. The van der Waals surface area contributed by atoms with Gasteiger partial charge < -0.3 is 10.1 Å². The molecular formula is C16H15FN2O4. The summed E-state index contributed by atoms with van der Waals surface area (Å²) in [5, 5.41) is 13.2. The number of rotatable bonds is 5. The molecule has 0 radical (unpaired) electrons. The molecule has 7 heteroatoms. The van der Waals surface area contributed by atoms with Crippen LogP contribution in [0, 0.1) is 22.9 Å².